The van der Waals surface area contributed by atoms with Crippen LogP contribution in [0.15, 0.2) is 5.10 Å². The Morgan fingerprint density at radius 1 is 1.17 bits per heavy atom. The van der Waals surface area contributed by atoms with Gasteiger partial charge in [0.05, 0.1) is 0 Å². The molecule has 0 radical (unpaired) electrons. The lowest BCUT2D eigenvalue weighted by Gasteiger charge is -2.26. The van der Waals surface area contributed by atoms with Crippen molar-refractivity contribution in [2.75, 3.05) is 6.54 Å². The standard InChI is InChI=1S/C5H5F5N2/c6-4(7,8)5(9,10)12-3-1-2-11-12/h2H,1,3H2. The van der Waals surface area contributed by atoms with Gasteiger partial charge in [0.25, 0.3) is 0 Å². The van der Waals surface area contributed by atoms with Crippen LogP contribution in [-0.2, 0) is 0 Å². The second-order valence-corrected chi connectivity index (χ2v) is 2.25. The molecule has 1 aliphatic rings. The third kappa shape index (κ3) is 1.35. The van der Waals surface area contributed by atoms with Crippen LogP contribution >= 0.6 is 0 Å². The van der Waals surface area contributed by atoms with Gasteiger partial charge >= 0.3 is 12.2 Å². The van der Waals surface area contributed by atoms with E-state index >= 15 is 0 Å². The zero-order valence-electron chi connectivity index (χ0n) is 5.78. The smallest absolute Gasteiger partial charge is 0.227 e. The molecule has 0 saturated carbocycles. The van der Waals surface area contributed by atoms with Gasteiger partial charge in [-0.15, -0.1) is 0 Å². The molecule has 1 rings (SSSR count). The maximum absolute atomic E-state index is 12.3. The molecule has 0 aliphatic carbocycles. The Morgan fingerprint density at radius 3 is 2.08 bits per heavy atom. The highest BCUT2D eigenvalue weighted by atomic mass is 19.4. The van der Waals surface area contributed by atoms with Crippen LogP contribution in [0.25, 0.3) is 0 Å². The number of alkyl halides is 5. The number of hydrogen-bond donors (Lipinski definition) is 0. The maximum Gasteiger partial charge on any atom is 0.477 e. The number of rotatable bonds is 1. The Labute approximate surface area is 64.6 Å². The average molecular weight is 188 g/mol. The van der Waals surface area contributed by atoms with E-state index in [1.54, 1.807) is 0 Å². The normalized spacial score (nSPS) is 18.9. The molecule has 0 bridgehead atoms. The van der Waals surface area contributed by atoms with E-state index in [2.05, 4.69) is 5.10 Å². The predicted octanol–water partition coefficient (Wildman–Crippen LogP) is 1.83. The Hall–Kier alpha value is -0.880. The van der Waals surface area contributed by atoms with Gasteiger partial charge in [-0.25, -0.2) is 5.01 Å². The fourth-order valence-corrected chi connectivity index (χ4v) is 0.753. The summed E-state index contributed by atoms with van der Waals surface area (Å²) in [6, 6.07) is -4.85. The molecule has 12 heavy (non-hydrogen) atoms. The molecule has 0 aromatic carbocycles. The van der Waals surface area contributed by atoms with Crippen molar-refractivity contribution in [2.24, 2.45) is 5.10 Å². The molecule has 0 N–H and O–H groups in total. The SMILES string of the molecule is FC(F)(F)C(F)(F)N1CCC=N1. The first kappa shape index (κ1) is 9.21. The lowest BCUT2D eigenvalue weighted by molar-refractivity contribution is -0.339. The van der Waals surface area contributed by atoms with Crippen molar-refractivity contribution in [3.05, 3.63) is 0 Å². The molecule has 1 aliphatic heterocycles. The van der Waals surface area contributed by atoms with E-state index in [1.807, 2.05) is 0 Å². The highest BCUT2D eigenvalue weighted by Gasteiger charge is 2.62. The molecule has 0 amide bonds. The van der Waals surface area contributed by atoms with Crippen LogP contribution < -0.4 is 0 Å². The van der Waals surface area contributed by atoms with Crippen LogP contribution in [0.1, 0.15) is 6.42 Å². The lowest BCUT2D eigenvalue weighted by Crippen LogP contribution is -2.48. The maximum atomic E-state index is 12.3. The van der Waals surface area contributed by atoms with Gasteiger partial charge < -0.3 is 0 Å². The monoisotopic (exact) mass is 188 g/mol. The fraction of sp³-hybridized carbons (Fsp3) is 0.800. The highest BCUT2D eigenvalue weighted by Crippen LogP contribution is 2.39. The zero-order valence-corrected chi connectivity index (χ0v) is 5.78. The van der Waals surface area contributed by atoms with Crippen molar-refractivity contribution in [3.63, 3.8) is 0 Å². The largest absolute Gasteiger partial charge is 0.477 e. The molecular formula is C5H5F5N2. The number of hydrogen-bond acceptors (Lipinski definition) is 2. The first-order chi connectivity index (χ1) is 5.36. The van der Waals surface area contributed by atoms with Crippen LogP contribution in [0.3, 0.4) is 0 Å². The Balaban J connectivity index is 2.77. The van der Waals surface area contributed by atoms with Crippen molar-refractivity contribution in [2.45, 2.75) is 18.6 Å². The topological polar surface area (TPSA) is 15.6 Å². The van der Waals surface area contributed by atoms with Crippen molar-refractivity contribution in [1.82, 2.24) is 5.01 Å². The molecule has 7 heteroatoms. The van der Waals surface area contributed by atoms with Gasteiger partial charge in [0.2, 0.25) is 0 Å². The molecule has 1 heterocycles. The van der Waals surface area contributed by atoms with E-state index in [1.165, 1.54) is 0 Å². The van der Waals surface area contributed by atoms with Crippen molar-refractivity contribution >= 4 is 6.21 Å². The van der Waals surface area contributed by atoms with E-state index in [0.717, 1.165) is 6.21 Å². The van der Waals surface area contributed by atoms with E-state index < -0.39 is 18.8 Å². The number of hydrazone groups is 1. The van der Waals surface area contributed by atoms with E-state index in [0.29, 0.717) is 0 Å². The van der Waals surface area contributed by atoms with Crippen molar-refractivity contribution in [3.8, 4) is 0 Å². The second kappa shape index (κ2) is 2.56. The first-order valence-electron chi connectivity index (χ1n) is 3.10. The molecule has 0 aromatic rings. The van der Waals surface area contributed by atoms with Gasteiger partial charge in [-0.05, 0) is 0 Å². The third-order valence-electron chi connectivity index (χ3n) is 1.36. The van der Waals surface area contributed by atoms with Crippen molar-refractivity contribution < 1.29 is 22.0 Å². The van der Waals surface area contributed by atoms with Crippen LogP contribution in [0, 0.1) is 0 Å². The van der Waals surface area contributed by atoms with Gasteiger partial charge in [-0.2, -0.15) is 27.1 Å². The van der Waals surface area contributed by atoms with Gasteiger partial charge in [0.15, 0.2) is 0 Å². The van der Waals surface area contributed by atoms with Crippen LogP contribution in [0.5, 0.6) is 0 Å². The van der Waals surface area contributed by atoms with Crippen LogP contribution in [0.4, 0.5) is 22.0 Å². The van der Waals surface area contributed by atoms with Gasteiger partial charge in [-0.3, -0.25) is 0 Å². The molecular weight excluding hydrogens is 183 g/mol. The molecule has 70 valence electrons. The fourth-order valence-electron chi connectivity index (χ4n) is 0.753. The van der Waals surface area contributed by atoms with Crippen LogP contribution in [-0.4, -0.2) is 30.0 Å². The lowest BCUT2D eigenvalue weighted by atomic mass is 10.4. The van der Waals surface area contributed by atoms with Gasteiger partial charge in [0, 0.05) is 19.2 Å². The first-order valence-corrected chi connectivity index (χ1v) is 3.10. The minimum atomic E-state index is -5.56. The minimum absolute atomic E-state index is 0.117. The summed E-state index contributed by atoms with van der Waals surface area (Å²) in [5.74, 6) is 0. The molecule has 0 aromatic heterocycles. The molecule has 0 atom stereocenters. The molecule has 0 spiro atoms. The van der Waals surface area contributed by atoms with Gasteiger partial charge in [0.1, 0.15) is 0 Å². The minimum Gasteiger partial charge on any atom is -0.227 e. The Morgan fingerprint density at radius 2 is 1.75 bits per heavy atom. The molecule has 0 fully saturated rings. The van der Waals surface area contributed by atoms with Crippen LogP contribution in [0.2, 0.25) is 0 Å². The number of halogens is 5. The highest BCUT2D eigenvalue weighted by molar-refractivity contribution is 5.58. The average Bonchev–Trinajstić information content (AvgIpc) is 2.34. The molecule has 0 unspecified atom stereocenters. The Kier molecular flexibility index (Phi) is 1.97. The van der Waals surface area contributed by atoms with E-state index in [9.17, 15) is 22.0 Å². The summed E-state index contributed by atoms with van der Waals surface area (Å²) in [7, 11) is 0. The van der Waals surface area contributed by atoms with E-state index in [4.69, 9.17) is 0 Å². The summed E-state index contributed by atoms with van der Waals surface area (Å²) in [6.45, 7) is -0.396. The van der Waals surface area contributed by atoms with Gasteiger partial charge in [-0.1, -0.05) is 0 Å². The number of nitrogens with zero attached hydrogens (tertiary/aromatic N) is 2. The summed E-state index contributed by atoms with van der Waals surface area (Å²) >= 11 is 0. The zero-order chi connectivity index (χ0) is 9.41. The summed E-state index contributed by atoms with van der Waals surface area (Å²) in [5, 5.41) is 2.66. The molecule has 2 nitrogen and oxygen atoms in total. The summed E-state index contributed by atoms with van der Waals surface area (Å²) in [5.41, 5.74) is 0. The Bertz CT molecular complexity index is 197. The van der Waals surface area contributed by atoms with Crippen molar-refractivity contribution in [1.29, 1.82) is 0 Å². The summed E-state index contributed by atoms with van der Waals surface area (Å²) in [6.07, 6.45) is -4.42. The second-order valence-electron chi connectivity index (χ2n) is 2.25. The summed E-state index contributed by atoms with van der Waals surface area (Å²) in [4.78, 5) is 0. The quantitative estimate of drug-likeness (QED) is 0.452. The molecule has 0 saturated heterocycles. The predicted molar refractivity (Wildman–Crippen MR) is 30.8 cm³/mol. The summed E-state index contributed by atoms with van der Waals surface area (Å²) < 4.78 is 59.5. The van der Waals surface area contributed by atoms with E-state index in [-0.39, 0.29) is 11.4 Å². The third-order valence-corrected chi connectivity index (χ3v) is 1.36.